The molecule has 1 rings (SSSR count). The van der Waals surface area contributed by atoms with E-state index in [1.54, 1.807) is 0 Å². The van der Waals surface area contributed by atoms with Crippen LogP contribution in [0.2, 0.25) is 0 Å². The van der Waals surface area contributed by atoms with E-state index >= 15 is 0 Å². The Hall–Kier alpha value is -1.08. The number of alkyl halides is 3. The molecule has 0 saturated carbocycles. The molecule has 1 atom stereocenters. The van der Waals surface area contributed by atoms with Gasteiger partial charge < -0.3 is 5.11 Å². The highest BCUT2D eigenvalue weighted by molar-refractivity contribution is 7.91. The molecule has 0 aromatic heterocycles. The summed E-state index contributed by atoms with van der Waals surface area (Å²) in [4.78, 5) is -0.327. The van der Waals surface area contributed by atoms with Crippen molar-refractivity contribution >= 4 is 9.84 Å². The Labute approximate surface area is 90.4 Å². The number of aliphatic hydroxyl groups is 1. The first-order valence-corrected chi connectivity index (χ1v) is 5.82. The van der Waals surface area contributed by atoms with Crippen LogP contribution in [0.15, 0.2) is 35.2 Å². The van der Waals surface area contributed by atoms with E-state index in [4.69, 9.17) is 5.11 Å². The summed E-state index contributed by atoms with van der Waals surface area (Å²) in [6.45, 7) is 0. The van der Waals surface area contributed by atoms with E-state index in [0.29, 0.717) is 0 Å². The largest absolute Gasteiger partial charge is 0.392 e. The van der Waals surface area contributed by atoms with Gasteiger partial charge in [0.25, 0.3) is 0 Å². The first-order chi connectivity index (χ1) is 7.23. The van der Waals surface area contributed by atoms with Gasteiger partial charge in [-0.15, -0.1) is 0 Å². The fraction of sp³-hybridized carbons (Fsp3) is 0.333. The Morgan fingerprint density at radius 3 is 2.12 bits per heavy atom. The first-order valence-electron chi connectivity index (χ1n) is 4.27. The average molecular weight is 254 g/mol. The van der Waals surface area contributed by atoms with Gasteiger partial charge in [-0.1, -0.05) is 18.2 Å². The fourth-order valence-corrected chi connectivity index (χ4v) is 2.33. The lowest BCUT2D eigenvalue weighted by Crippen LogP contribution is -2.27. The summed E-state index contributed by atoms with van der Waals surface area (Å²) < 4.78 is 58.7. The Morgan fingerprint density at radius 1 is 1.19 bits per heavy atom. The zero-order valence-corrected chi connectivity index (χ0v) is 8.79. The predicted octanol–water partition coefficient (Wildman–Crippen LogP) is 1.73. The molecular weight excluding hydrogens is 245 g/mol. The maximum absolute atomic E-state index is 11.9. The fourth-order valence-electron chi connectivity index (χ4n) is 1.07. The summed E-state index contributed by atoms with van der Waals surface area (Å²) in [5.74, 6) is 0. The van der Waals surface area contributed by atoms with Crippen LogP contribution in [-0.4, -0.2) is 25.1 Å². The molecule has 1 aromatic carbocycles. The van der Waals surface area contributed by atoms with Gasteiger partial charge in [-0.25, -0.2) is 8.42 Å². The van der Waals surface area contributed by atoms with E-state index in [1.165, 1.54) is 18.2 Å². The molecule has 0 aliphatic carbocycles. The minimum absolute atomic E-state index is 0.327. The van der Waals surface area contributed by atoms with Crippen LogP contribution < -0.4 is 0 Å². The molecule has 0 aliphatic heterocycles. The van der Waals surface area contributed by atoms with Crippen molar-refractivity contribution in [1.82, 2.24) is 0 Å². The lowest BCUT2D eigenvalue weighted by molar-refractivity contribution is -0.145. The summed E-state index contributed by atoms with van der Waals surface area (Å²) in [6.07, 6.45) is -6.49. The lowest BCUT2D eigenvalue weighted by Gasteiger charge is -2.13. The Kier molecular flexibility index (Phi) is 3.59. The number of halogens is 3. The van der Waals surface area contributed by atoms with Crippen LogP contribution in [0, 0.1) is 0 Å². The van der Waals surface area contributed by atoms with Gasteiger partial charge in [0.2, 0.25) is 9.84 Å². The minimum Gasteiger partial charge on any atom is -0.376 e. The molecule has 0 bridgehead atoms. The van der Waals surface area contributed by atoms with Crippen LogP contribution >= 0.6 is 0 Å². The highest BCUT2D eigenvalue weighted by Gasteiger charge is 2.37. The summed E-state index contributed by atoms with van der Waals surface area (Å²) in [5, 5.41) is 9.06. The molecule has 1 aromatic rings. The third-order valence-electron chi connectivity index (χ3n) is 1.84. The first kappa shape index (κ1) is 13.0. The van der Waals surface area contributed by atoms with Gasteiger partial charge in [-0.3, -0.25) is 0 Å². The number of benzene rings is 1. The summed E-state index contributed by atoms with van der Waals surface area (Å²) in [6, 6.07) is 6.53. The van der Waals surface area contributed by atoms with Crippen molar-refractivity contribution in [2.75, 3.05) is 0 Å². The maximum Gasteiger partial charge on any atom is 0.392 e. The van der Waals surface area contributed by atoms with E-state index < -0.39 is 27.9 Å². The maximum atomic E-state index is 11.9. The minimum atomic E-state index is -4.72. The number of hydrogen-bond donors (Lipinski definition) is 1. The van der Waals surface area contributed by atoms with Gasteiger partial charge >= 0.3 is 6.18 Å². The molecule has 0 heterocycles. The van der Waals surface area contributed by atoms with E-state index in [-0.39, 0.29) is 4.90 Å². The normalized spacial score (nSPS) is 14.8. The topological polar surface area (TPSA) is 54.4 Å². The molecule has 7 heteroatoms. The molecule has 0 fully saturated rings. The average Bonchev–Trinajstić information content (AvgIpc) is 2.16. The smallest absolute Gasteiger partial charge is 0.376 e. The van der Waals surface area contributed by atoms with Gasteiger partial charge in [0.1, 0.15) is 0 Å². The summed E-state index contributed by atoms with van der Waals surface area (Å²) in [5.41, 5.74) is -2.46. The monoisotopic (exact) mass is 254 g/mol. The highest BCUT2D eigenvalue weighted by atomic mass is 32.2. The van der Waals surface area contributed by atoms with Crippen LogP contribution in [0.25, 0.3) is 0 Å². The van der Waals surface area contributed by atoms with Gasteiger partial charge in [0.15, 0.2) is 5.44 Å². The molecular formula is C9H9F3O3S. The van der Waals surface area contributed by atoms with Crippen molar-refractivity contribution in [3.63, 3.8) is 0 Å². The molecule has 0 aliphatic rings. The molecule has 0 saturated heterocycles. The molecule has 1 unspecified atom stereocenters. The van der Waals surface area contributed by atoms with Gasteiger partial charge in [0, 0.05) is 0 Å². The predicted molar refractivity (Wildman–Crippen MR) is 50.3 cm³/mol. The van der Waals surface area contributed by atoms with Crippen LogP contribution in [0.1, 0.15) is 6.42 Å². The Morgan fingerprint density at radius 2 is 1.69 bits per heavy atom. The second-order valence-electron chi connectivity index (χ2n) is 3.13. The molecule has 3 nitrogen and oxygen atoms in total. The van der Waals surface area contributed by atoms with Gasteiger partial charge in [-0.05, 0) is 12.1 Å². The third kappa shape index (κ3) is 3.21. The van der Waals surface area contributed by atoms with Crippen molar-refractivity contribution in [3.8, 4) is 0 Å². The lowest BCUT2D eigenvalue weighted by atomic mass is 10.4. The standard InChI is InChI=1S/C9H9F3O3S/c10-9(11,12)6-8(13)16(14,15)7-4-2-1-3-5-7/h1-5,8,13H,6H2. The summed E-state index contributed by atoms with van der Waals surface area (Å²) in [7, 11) is -4.34. The number of rotatable bonds is 3. The number of hydrogen-bond acceptors (Lipinski definition) is 3. The van der Waals surface area contributed by atoms with Gasteiger partial charge in [-0.2, -0.15) is 13.2 Å². The van der Waals surface area contributed by atoms with Crippen LogP contribution in [-0.2, 0) is 9.84 Å². The Balaban J connectivity index is 2.96. The van der Waals surface area contributed by atoms with Crippen molar-refractivity contribution in [3.05, 3.63) is 30.3 Å². The van der Waals surface area contributed by atoms with Crippen molar-refractivity contribution in [1.29, 1.82) is 0 Å². The molecule has 16 heavy (non-hydrogen) atoms. The number of aliphatic hydroxyl groups excluding tert-OH is 1. The van der Waals surface area contributed by atoms with Crippen molar-refractivity contribution < 1.29 is 26.7 Å². The second-order valence-corrected chi connectivity index (χ2v) is 5.24. The zero-order chi connectivity index (χ0) is 12.4. The SMILES string of the molecule is O=S(=O)(c1ccccc1)C(O)CC(F)(F)F. The summed E-state index contributed by atoms with van der Waals surface area (Å²) >= 11 is 0. The van der Waals surface area contributed by atoms with Crippen molar-refractivity contribution in [2.24, 2.45) is 0 Å². The molecule has 0 amide bonds. The number of sulfone groups is 1. The van der Waals surface area contributed by atoms with E-state index in [1.807, 2.05) is 0 Å². The third-order valence-corrected chi connectivity index (χ3v) is 3.65. The molecule has 90 valence electrons. The quantitative estimate of drug-likeness (QED) is 0.893. The van der Waals surface area contributed by atoms with Gasteiger partial charge in [0.05, 0.1) is 11.3 Å². The van der Waals surface area contributed by atoms with E-state index in [9.17, 15) is 21.6 Å². The van der Waals surface area contributed by atoms with Crippen LogP contribution in [0.3, 0.4) is 0 Å². The second kappa shape index (κ2) is 4.42. The van der Waals surface area contributed by atoms with E-state index in [2.05, 4.69) is 0 Å². The molecule has 0 radical (unpaired) electrons. The van der Waals surface area contributed by atoms with E-state index in [0.717, 1.165) is 12.1 Å². The molecule has 0 spiro atoms. The Bertz CT molecular complexity index is 439. The van der Waals surface area contributed by atoms with Crippen LogP contribution in [0.5, 0.6) is 0 Å². The molecule has 1 N–H and O–H groups in total. The van der Waals surface area contributed by atoms with Crippen LogP contribution in [0.4, 0.5) is 13.2 Å². The van der Waals surface area contributed by atoms with Crippen molar-refractivity contribution in [2.45, 2.75) is 22.9 Å². The zero-order valence-electron chi connectivity index (χ0n) is 7.98. The highest BCUT2D eigenvalue weighted by Crippen LogP contribution is 2.26.